The van der Waals surface area contributed by atoms with Crippen LogP contribution in [0, 0.1) is 5.41 Å². The number of guanidine groups is 1. The van der Waals surface area contributed by atoms with Crippen LogP contribution in [0.15, 0.2) is 91.0 Å². The molecule has 0 spiro atoms. The van der Waals surface area contributed by atoms with E-state index in [4.69, 9.17) is 36.7 Å². The molecule has 3 aromatic rings. The Kier molecular flexibility index (Phi) is 14.2. The van der Waals surface area contributed by atoms with Crippen molar-refractivity contribution in [3.05, 3.63) is 91.0 Å². The molecule has 0 aromatic heterocycles. The number of rotatable bonds is 9. The molecule has 1 amide bonds. The number of primary amides is 1. The maximum Gasteiger partial charge on any atom is 0.490 e. The predicted molar refractivity (Wildman–Crippen MR) is 160 cm³/mol. The van der Waals surface area contributed by atoms with Crippen LogP contribution in [0.1, 0.15) is 6.42 Å². The Balaban J connectivity index is 0.000000601. The monoisotopic (exact) mass is 663 g/mol. The molecular formula is C29H34F6N4O5P+. The molecule has 3 rings (SSSR count). The molecule has 0 heterocycles. The van der Waals surface area contributed by atoms with E-state index in [0.29, 0.717) is 6.54 Å². The number of carboxylic acid groups (broad SMARTS) is 2. The van der Waals surface area contributed by atoms with Gasteiger partial charge in [-0.05, 0) is 0 Å². The third-order valence-electron chi connectivity index (χ3n) is 6.57. The summed E-state index contributed by atoms with van der Waals surface area (Å²) >= 11 is 0. The predicted octanol–water partition coefficient (Wildman–Crippen LogP) is 3.19. The van der Waals surface area contributed by atoms with Gasteiger partial charge in [-0.25, -0.2) is 9.59 Å². The first kappa shape index (κ1) is 38.5. The number of carbonyl (C=O) groups is 3. The van der Waals surface area contributed by atoms with Crippen LogP contribution in [-0.2, 0) is 14.4 Å². The van der Waals surface area contributed by atoms with E-state index in [9.17, 15) is 31.1 Å². The number of alkyl halides is 6. The van der Waals surface area contributed by atoms with E-state index >= 15 is 0 Å². The van der Waals surface area contributed by atoms with Crippen LogP contribution in [0.25, 0.3) is 0 Å². The van der Waals surface area contributed by atoms with E-state index in [2.05, 4.69) is 91.0 Å². The average Bonchev–Trinajstić information content (AvgIpc) is 2.96. The van der Waals surface area contributed by atoms with Gasteiger partial charge in [0.25, 0.3) is 0 Å². The van der Waals surface area contributed by atoms with E-state index < -0.39 is 37.5 Å². The second kappa shape index (κ2) is 16.5. The van der Waals surface area contributed by atoms with Crippen molar-refractivity contribution < 1.29 is 55.4 Å². The van der Waals surface area contributed by atoms with Gasteiger partial charge in [0.1, 0.15) is 0 Å². The van der Waals surface area contributed by atoms with Gasteiger partial charge in [-0.1, -0.05) is 0 Å². The number of carbonyl (C=O) groups excluding carboxylic acids is 1. The smallest absolute Gasteiger partial charge is 0.475 e. The molecule has 246 valence electrons. The number of hydrogen-bond donors (Lipinski definition) is 5. The maximum atomic E-state index is 11.6. The summed E-state index contributed by atoms with van der Waals surface area (Å²) in [7, 11) is -0.526. The fourth-order valence-electron chi connectivity index (χ4n) is 4.42. The largest absolute Gasteiger partial charge is 0.490 e. The quantitative estimate of drug-likeness (QED) is 0.0775. The van der Waals surface area contributed by atoms with Crippen molar-refractivity contribution in [3.63, 3.8) is 0 Å². The molecule has 0 aliphatic heterocycles. The topological polar surface area (TPSA) is 168 Å². The molecular weight excluding hydrogens is 629 g/mol. The minimum atomic E-state index is -5.08. The third kappa shape index (κ3) is 11.8. The van der Waals surface area contributed by atoms with Crippen LogP contribution in [0.4, 0.5) is 26.3 Å². The Morgan fingerprint density at radius 1 is 0.711 bits per heavy atom. The van der Waals surface area contributed by atoms with Gasteiger partial charge in [-0.15, -0.1) is 0 Å². The van der Waals surface area contributed by atoms with Gasteiger partial charge in [0.05, 0.1) is 0 Å². The van der Waals surface area contributed by atoms with E-state index in [1.165, 1.54) is 15.9 Å². The molecule has 9 nitrogen and oxygen atoms in total. The Bertz CT molecular complexity index is 1290. The van der Waals surface area contributed by atoms with Crippen LogP contribution in [-0.4, -0.2) is 77.2 Å². The number of aliphatic carboxylic acids is 2. The summed E-state index contributed by atoms with van der Waals surface area (Å²) in [6.45, 7) is 0.616. The van der Waals surface area contributed by atoms with Gasteiger partial charge in [-0.3, -0.25) is 0 Å². The van der Waals surface area contributed by atoms with Crippen molar-refractivity contribution in [3.8, 4) is 0 Å². The molecule has 16 heteroatoms. The maximum absolute atomic E-state index is 11.6. The van der Waals surface area contributed by atoms with Crippen molar-refractivity contribution in [2.75, 3.05) is 26.3 Å². The number of halogens is 6. The first-order valence-electron chi connectivity index (χ1n) is 13.0. The summed E-state index contributed by atoms with van der Waals surface area (Å²) in [5, 5.41) is 26.3. The van der Waals surface area contributed by atoms with Gasteiger partial charge in [0.15, 0.2) is 0 Å². The second-order valence-electron chi connectivity index (χ2n) is 9.84. The Labute approximate surface area is 255 Å². The summed E-state index contributed by atoms with van der Waals surface area (Å²) in [4.78, 5) is 29.4. The van der Waals surface area contributed by atoms with Crippen LogP contribution in [0.5, 0.6) is 0 Å². The number of nitrogens with two attached hydrogens (primary N) is 2. The fraction of sp³-hybridized carbons (Fsp3) is 0.241. The third-order valence-corrected chi connectivity index (χ3v) is 11.6. The zero-order valence-electron chi connectivity index (χ0n) is 24.0. The summed E-state index contributed by atoms with van der Waals surface area (Å²) in [5.74, 6) is -6.00. The molecule has 45 heavy (non-hydrogen) atoms. The summed E-state index contributed by atoms with van der Waals surface area (Å²) in [6, 6.07) is 32.2. The van der Waals surface area contributed by atoms with Crippen LogP contribution in [0.3, 0.4) is 0 Å². The van der Waals surface area contributed by atoms with Crippen LogP contribution in [0.2, 0.25) is 0 Å². The molecule has 3 aromatic carbocycles. The van der Waals surface area contributed by atoms with Gasteiger partial charge in [0.2, 0.25) is 0 Å². The van der Waals surface area contributed by atoms with Crippen molar-refractivity contribution in [1.29, 1.82) is 5.41 Å². The SMILES string of the molecule is C[N+](CCC[PH](c1ccccc1)(c1ccccc1)c1ccccc1)(CC(N)=O)C(=N)N.O=C(O)C(F)(F)F.O=C(O)C(F)(F)F. The number of nitrogens with one attached hydrogen (secondary N) is 1. The number of quaternary nitrogens is 1. The molecule has 1 unspecified atom stereocenters. The molecule has 0 fully saturated rings. The first-order chi connectivity index (χ1) is 20.8. The van der Waals surface area contributed by atoms with Gasteiger partial charge >= 0.3 is 209 Å². The minimum Gasteiger partial charge on any atom is -0.475 e. The molecule has 0 aliphatic rings. The van der Waals surface area contributed by atoms with Crippen molar-refractivity contribution in [1.82, 2.24) is 0 Å². The zero-order chi connectivity index (χ0) is 34.5. The number of nitrogens with zero attached hydrogens (tertiary/aromatic N) is 1. The van der Waals surface area contributed by atoms with Crippen molar-refractivity contribution >= 4 is 47.0 Å². The number of likely N-dealkylation sites (N-methyl/N-ethyl adjacent to an activating group) is 1. The molecule has 0 saturated heterocycles. The molecule has 0 bridgehead atoms. The molecule has 1 atom stereocenters. The number of hydrogen-bond acceptors (Lipinski definition) is 4. The Hall–Kier alpha value is -4.49. The molecule has 0 radical (unpaired) electrons. The molecule has 0 aliphatic carbocycles. The summed E-state index contributed by atoms with van der Waals surface area (Å²) in [5.41, 5.74) is 11.3. The van der Waals surface area contributed by atoms with Gasteiger partial charge in [0, 0.05) is 0 Å². The second-order valence-corrected chi connectivity index (χ2v) is 13.9. The Morgan fingerprint density at radius 2 is 1.00 bits per heavy atom. The normalized spacial score (nSPS) is 13.0. The van der Waals surface area contributed by atoms with Crippen LogP contribution < -0.4 is 27.4 Å². The number of carboxylic acids is 2. The standard InChI is InChI=1S/C25H31N4OP.2C2HF3O2/c1-29(25(27)28,20-24(26)30)18-11-19-31(21-12-5-2-6-13-21,22-14-7-3-8-15-22)23-16-9-4-10-17-23;2*3-2(4,5)1(6)7/h2-10,12-17,31H,11,18-20H2,1H3,(H4-,26,27,28,30);2*(H,6,7)/p+1. The van der Waals surface area contributed by atoms with Gasteiger partial charge < -0.3 is 10.2 Å². The fourth-order valence-corrected chi connectivity index (χ4v) is 9.26. The number of benzene rings is 3. The number of amides is 1. The van der Waals surface area contributed by atoms with Crippen molar-refractivity contribution in [2.45, 2.75) is 18.8 Å². The minimum absolute atomic E-state index is 0.0336. The summed E-state index contributed by atoms with van der Waals surface area (Å²) < 4.78 is 63.5. The van der Waals surface area contributed by atoms with E-state index in [1.807, 2.05) is 7.05 Å². The van der Waals surface area contributed by atoms with Crippen molar-refractivity contribution in [2.24, 2.45) is 11.5 Å². The van der Waals surface area contributed by atoms with E-state index in [-0.39, 0.29) is 17.0 Å². The average molecular weight is 664 g/mol. The van der Waals surface area contributed by atoms with Gasteiger partial charge in [-0.2, -0.15) is 26.3 Å². The molecule has 0 saturated carbocycles. The zero-order valence-corrected chi connectivity index (χ0v) is 25.0. The van der Waals surface area contributed by atoms with E-state index in [0.717, 1.165) is 12.6 Å². The Morgan fingerprint density at radius 3 is 1.22 bits per heavy atom. The summed E-state index contributed by atoms with van der Waals surface area (Å²) in [6.07, 6.45) is -8.42. The first-order valence-corrected chi connectivity index (χ1v) is 15.2. The van der Waals surface area contributed by atoms with E-state index in [1.54, 1.807) is 0 Å². The van der Waals surface area contributed by atoms with Crippen LogP contribution >= 0.6 is 7.26 Å². The molecule has 7 N–H and O–H groups in total.